The third-order valence-electron chi connectivity index (χ3n) is 1.80. The van der Waals surface area contributed by atoms with Crippen molar-refractivity contribution in [3.63, 3.8) is 0 Å². The second-order valence-corrected chi connectivity index (χ2v) is 2.60. The Hall–Kier alpha value is -0.770. The maximum Gasteiger partial charge on any atom is 0.411 e. The zero-order valence-corrected chi connectivity index (χ0v) is 6.75. The van der Waals surface area contributed by atoms with E-state index in [1.165, 1.54) is 0 Å². The van der Waals surface area contributed by atoms with Gasteiger partial charge in [-0.3, -0.25) is 4.90 Å². The third-order valence-corrected chi connectivity index (χ3v) is 1.80. The Morgan fingerprint density at radius 3 is 3.00 bits per heavy atom. The highest BCUT2D eigenvalue weighted by Gasteiger charge is 2.26. The molecule has 0 aliphatic carbocycles. The lowest BCUT2D eigenvalue weighted by Gasteiger charge is -2.19. The van der Waals surface area contributed by atoms with E-state index in [0.29, 0.717) is 6.61 Å². The van der Waals surface area contributed by atoms with Crippen LogP contribution in [-0.4, -0.2) is 30.3 Å². The van der Waals surface area contributed by atoms with E-state index >= 15 is 0 Å². The summed E-state index contributed by atoms with van der Waals surface area (Å²) in [7, 11) is 0. The van der Waals surface area contributed by atoms with Crippen LogP contribution < -0.4 is 5.73 Å². The zero-order chi connectivity index (χ0) is 8.27. The Morgan fingerprint density at radius 1 is 1.82 bits per heavy atom. The molecule has 1 aliphatic heterocycles. The molecular formula is C7H14N2O2. The largest absolute Gasteiger partial charge is 0.450 e. The van der Waals surface area contributed by atoms with Gasteiger partial charge in [-0.05, 0) is 19.8 Å². The van der Waals surface area contributed by atoms with E-state index in [-0.39, 0.29) is 12.3 Å². The van der Waals surface area contributed by atoms with Crippen LogP contribution in [0.2, 0.25) is 0 Å². The Labute approximate surface area is 66.3 Å². The molecule has 2 N–H and O–H groups in total. The van der Waals surface area contributed by atoms with E-state index in [0.717, 1.165) is 19.4 Å². The molecule has 1 amide bonds. The molecule has 0 aromatic carbocycles. The minimum atomic E-state index is -0.280. The summed E-state index contributed by atoms with van der Waals surface area (Å²) < 4.78 is 4.80. The van der Waals surface area contributed by atoms with Crippen molar-refractivity contribution in [1.82, 2.24) is 4.90 Å². The maximum atomic E-state index is 11.1. The van der Waals surface area contributed by atoms with Crippen LogP contribution in [0, 0.1) is 0 Å². The lowest BCUT2D eigenvalue weighted by Crippen LogP contribution is -2.41. The second-order valence-electron chi connectivity index (χ2n) is 2.60. The van der Waals surface area contributed by atoms with Crippen LogP contribution in [-0.2, 0) is 4.74 Å². The standard InChI is InChI=1S/C7H14N2O2/c1-2-11-7(10)9-5-3-4-6(9)8/h6H,2-5,8H2,1H3. The minimum absolute atomic E-state index is 0.131. The first-order valence-electron chi connectivity index (χ1n) is 3.94. The Bertz CT molecular complexity index is 149. The van der Waals surface area contributed by atoms with Crippen LogP contribution in [0.15, 0.2) is 0 Å². The monoisotopic (exact) mass is 158 g/mol. The van der Waals surface area contributed by atoms with E-state index in [9.17, 15) is 4.79 Å². The van der Waals surface area contributed by atoms with Gasteiger partial charge in [-0.25, -0.2) is 4.79 Å². The highest BCUT2D eigenvalue weighted by Crippen LogP contribution is 2.13. The second kappa shape index (κ2) is 3.57. The molecule has 11 heavy (non-hydrogen) atoms. The van der Waals surface area contributed by atoms with Gasteiger partial charge in [0.25, 0.3) is 0 Å². The molecule has 64 valence electrons. The lowest BCUT2D eigenvalue weighted by atomic mass is 10.3. The highest BCUT2D eigenvalue weighted by molar-refractivity contribution is 5.68. The SMILES string of the molecule is CCOC(=O)N1CCCC1N. The number of hydrogen-bond acceptors (Lipinski definition) is 3. The van der Waals surface area contributed by atoms with E-state index in [1.54, 1.807) is 11.8 Å². The van der Waals surface area contributed by atoms with Gasteiger partial charge in [-0.15, -0.1) is 0 Å². The van der Waals surface area contributed by atoms with Gasteiger partial charge in [-0.1, -0.05) is 0 Å². The summed E-state index contributed by atoms with van der Waals surface area (Å²) in [5.74, 6) is 0. The van der Waals surface area contributed by atoms with Crippen molar-refractivity contribution in [2.75, 3.05) is 13.2 Å². The Kier molecular flexibility index (Phi) is 2.70. The average Bonchev–Trinajstić information content (AvgIpc) is 2.36. The summed E-state index contributed by atoms with van der Waals surface area (Å²) in [5.41, 5.74) is 5.64. The van der Waals surface area contributed by atoms with Gasteiger partial charge >= 0.3 is 6.09 Å². The molecule has 0 bridgehead atoms. The molecule has 0 saturated carbocycles. The smallest absolute Gasteiger partial charge is 0.411 e. The molecule has 1 heterocycles. The quantitative estimate of drug-likeness (QED) is 0.605. The molecule has 0 aromatic heterocycles. The van der Waals surface area contributed by atoms with Gasteiger partial charge in [0.15, 0.2) is 0 Å². The fraction of sp³-hybridized carbons (Fsp3) is 0.857. The molecule has 0 aromatic rings. The molecule has 4 nitrogen and oxygen atoms in total. The van der Waals surface area contributed by atoms with Gasteiger partial charge in [0.1, 0.15) is 0 Å². The summed E-state index contributed by atoms with van der Waals surface area (Å²) in [5, 5.41) is 0. The van der Waals surface area contributed by atoms with Crippen molar-refractivity contribution in [3.05, 3.63) is 0 Å². The van der Waals surface area contributed by atoms with E-state index in [4.69, 9.17) is 10.5 Å². The summed E-state index contributed by atoms with van der Waals surface area (Å²) in [6.07, 6.45) is 1.46. The summed E-state index contributed by atoms with van der Waals surface area (Å²) >= 11 is 0. The number of amides is 1. The van der Waals surface area contributed by atoms with Crippen LogP contribution in [0.5, 0.6) is 0 Å². The van der Waals surface area contributed by atoms with E-state index in [1.807, 2.05) is 0 Å². The third kappa shape index (κ3) is 1.83. The van der Waals surface area contributed by atoms with Gasteiger partial charge in [0.2, 0.25) is 0 Å². The Morgan fingerprint density at radius 2 is 2.55 bits per heavy atom. The first-order valence-corrected chi connectivity index (χ1v) is 3.94. The molecule has 1 saturated heterocycles. The van der Waals surface area contributed by atoms with Crippen LogP contribution in [0.4, 0.5) is 4.79 Å². The van der Waals surface area contributed by atoms with Crippen molar-refractivity contribution in [2.45, 2.75) is 25.9 Å². The lowest BCUT2D eigenvalue weighted by molar-refractivity contribution is 0.104. The maximum absolute atomic E-state index is 11.1. The van der Waals surface area contributed by atoms with Crippen molar-refractivity contribution >= 4 is 6.09 Å². The molecular weight excluding hydrogens is 144 g/mol. The number of hydrogen-bond donors (Lipinski definition) is 1. The molecule has 1 rings (SSSR count). The average molecular weight is 158 g/mol. The summed E-state index contributed by atoms with van der Waals surface area (Å²) in [6, 6.07) is 0. The number of carbonyl (C=O) groups excluding carboxylic acids is 1. The van der Waals surface area contributed by atoms with Crippen molar-refractivity contribution in [2.24, 2.45) is 5.73 Å². The van der Waals surface area contributed by atoms with E-state index in [2.05, 4.69) is 0 Å². The normalized spacial score (nSPS) is 23.8. The number of rotatable bonds is 1. The first-order chi connectivity index (χ1) is 5.25. The molecule has 1 unspecified atom stereocenters. The van der Waals surface area contributed by atoms with Gasteiger partial charge < -0.3 is 10.5 Å². The molecule has 1 aliphatic rings. The summed E-state index contributed by atoms with van der Waals surface area (Å²) in [6.45, 7) is 2.95. The number of carbonyl (C=O) groups is 1. The predicted octanol–water partition coefficient (Wildman–Crippen LogP) is 0.524. The van der Waals surface area contributed by atoms with Gasteiger partial charge in [0, 0.05) is 6.54 Å². The van der Waals surface area contributed by atoms with E-state index < -0.39 is 0 Å². The Balaban J connectivity index is 2.39. The van der Waals surface area contributed by atoms with Crippen LogP contribution in [0.1, 0.15) is 19.8 Å². The number of ether oxygens (including phenoxy) is 1. The van der Waals surface area contributed by atoms with Crippen LogP contribution >= 0.6 is 0 Å². The van der Waals surface area contributed by atoms with Gasteiger partial charge in [-0.2, -0.15) is 0 Å². The fourth-order valence-corrected chi connectivity index (χ4v) is 1.23. The molecule has 1 fully saturated rings. The minimum Gasteiger partial charge on any atom is -0.450 e. The molecule has 0 spiro atoms. The number of nitrogens with two attached hydrogens (primary N) is 1. The van der Waals surface area contributed by atoms with Crippen molar-refractivity contribution in [1.29, 1.82) is 0 Å². The predicted molar refractivity (Wildman–Crippen MR) is 40.9 cm³/mol. The van der Waals surface area contributed by atoms with Crippen molar-refractivity contribution in [3.8, 4) is 0 Å². The fourth-order valence-electron chi connectivity index (χ4n) is 1.23. The number of nitrogens with zero attached hydrogens (tertiary/aromatic N) is 1. The molecule has 4 heteroatoms. The molecule has 1 atom stereocenters. The topological polar surface area (TPSA) is 55.6 Å². The molecule has 0 radical (unpaired) electrons. The van der Waals surface area contributed by atoms with Gasteiger partial charge in [0.05, 0.1) is 12.8 Å². The number of likely N-dealkylation sites (tertiary alicyclic amines) is 1. The van der Waals surface area contributed by atoms with Crippen molar-refractivity contribution < 1.29 is 9.53 Å². The zero-order valence-electron chi connectivity index (χ0n) is 6.75. The highest BCUT2D eigenvalue weighted by atomic mass is 16.6. The first kappa shape index (κ1) is 8.33. The van der Waals surface area contributed by atoms with Crippen LogP contribution in [0.25, 0.3) is 0 Å². The van der Waals surface area contributed by atoms with Crippen LogP contribution in [0.3, 0.4) is 0 Å². The summed E-state index contributed by atoms with van der Waals surface area (Å²) in [4.78, 5) is 12.7.